The van der Waals surface area contributed by atoms with Gasteiger partial charge in [0.15, 0.2) is 0 Å². The number of rotatable bonds is 7. The van der Waals surface area contributed by atoms with Crippen molar-refractivity contribution in [3.63, 3.8) is 0 Å². The molecule has 0 saturated carbocycles. The Labute approximate surface area is 102 Å². The first kappa shape index (κ1) is 13.1. The first-order valence-electron chi connectivity index (χ1n) is 5.49. The maximum atomic E-state index is 3.51. The van der Waals surface area contributed by atoms with Gasteiger partial charge < -0.3 is 5.32 Å². The predicted molar refractivity (Wildman–Crippen MR) is 73.1 cm³/mol. The molecule has 1 nitrogen and oxygen atoms in total. The van der Waals surface area contributed by atoms with Crippen molar-refractivity contribution < 1.29 is 0 Å². The van der Waals surface area contributed by atoms with Crippen LogP contribution >= 0.6 is 23.1 Å². The number of hydrogen-bond acceptors (Lipinski definition) is 3. The molecule has 0 atom stereocenters. The van der Waals surface area contributed by atoms with Gasteiger partial charge in [0.1, 0.15) is 0 Å². The Bertz CT molecular complexity index is 281. The van der Waals surface area contributed by atoms with Crippen LogP contribution in [0.15, 0.2) is 6.07 Å². The van der Waals surface area contributed by atoms with E-state index in [1.807, 2.05) is 23.1 Å². The lowest BCUT2D eigenvalue weighted by molar-refractivity contribution is 0.643. The zero-order valence-electron chi connectivity index (χ0n) is 9.93. The summed E-state index contributed by atoms with van der Waals surface area (Å²) >= 11 is 3.83. The molecule has 0 aliphatic carbocycles. The van der Waals surface area contributed by atoms with Crippen LogP contribution in [-0.2, 0) is 6.54 Å². The molecule has 1 aromatic rings. The highest BCUT2D eigenvalue weighted by Gasteiger charge is 2.01. The van der Waals surface area contributed by atoms with E-state index in [4.69, 9.17) is 0 Å². The van der Waals surface area contributed by atoms with Gasteiger partial charge in [-0.1, -0.05) is 0 Å². The molecule has 3 heteroatoms. The van der Waals surface area contributed by atoms with E-state index >= 15 is 0 Å². The topological polar surface area (TPSA) is 12.0 Å². The van der Waals surface area contributed by atoms with Crippen molar-refractivity contribution in [1.29, 1.82) is 0 Å². The maximum absolute atomic E-state index is 3.51. The summed E-state index contributed by atoms with van der Waals surface area (Å²) in [7, 11) is 0. The summed E-state index contributed by atoms with van der Waals surface area (Å²) in [4.78, 5) is 2.88. The van der Waals surface area contributed by atoms with Crippen LogP contribution in [0.3, 0.4) is 0 Å². The summed E-state index contributed by atoms with van der Waals surface area (Å²) < 4.78 is 0. The molecule has 1 heterocycles. The van der Waals surface area contributed by atoms with Crippen molar-refractivity contribution in [1.82, 2.24) is 5.32 Å². The standard InChI is InChI=1S/C12H21NS2/c1-10-8-12(11(2)15-10)9-13-6-4-5-7-14-3/h8,13H,4-7,9H2,1-3H3. The fourth-order valence-corrected chi connectivity index (χ4v) is 3.02. The number of aryl methyl sites for hydroxylation is 2. The molecule has 0 aliphatic rings. The fourth-order valence-electron chi connectivity index (χ4n) is 1.58. The summed E-state index contributed by atoms with van der Waals surface area (Å²) in [6, 6.07) is 2.30. The number of thiophene rings is 1. The van der Waals surface area contributed by atoms with Gasteiger partial charge in [-0.15, -0.1) is 11.3 Å². The van der Waals surface area contributed by atoms with Crippen LogP contribution in [-0.4, -0.2) is 18.6 Å². The maximum Gasteiger partial charge on any atom is 0.0216 e. The fraction of sp³-hybridized carbons (Fsp3) is 0.667. The van der Waals surface area contributed by atoms with Crippen molar-refractivity contribution in [3.8, 4) is 0 Å². The van der Waals surface area contributed by atoms with Crippen molar-refractivity contribution in [2.45, 2.75) is 33.2 Å². The van der Waals surface area contributed by atoms with Gasteiger partial charge in [0.25, 0.3) is 0 Å². The lowest BCUT2D eigenvalue weighted by Crippen LogP contribution is -2.14. The summed E-state index contributed by atoms with van der Waals surface area (Å²) in [5.41, 5.74) is 1.47. The van der Waals surface area contributed by atoms with Gasteiger partial charge in [-0.25, -0.2) is 0 Å². The SMILES string of the molecule is CSCCCCNCc1cc(C)sc1C. The molecule has 1 aromatic heterocycles. The van der Waals surface area contributed by atoms with Gasteiger partial charge in [-0.3, -0.25) is 0 Å². The molecule has 0 spiro atoms. The largest absolute Gasteiger partial charge is 0.313 e. The van der Waals surface area contributed by atoms with E-state index in [2.05, 4.69) is 31.5 Å². The second kappa shape index (κ2) is 7.31. The monoisotopic (exact) mass is 243 g/mol. The third-order valence-corrected chi connectivity index (χ3v) is 4.12. The van der Waals surface area contributed by atoms with Crippen LogP contribution in [0.2, 0.25) is 0 Å². The lowest BCUT2D eigenvalue weighted by Gasteiger charge is -2.03. The highest BCUT2D eigenvalue weighted by Crippen LogP contribution is 2.20. The number of nitrogens with one attached hydrogen (secondary N) is 1. The van der Waals surface area contributed by atoms with E-state index in [0.717, 1.165) is 13.1 Å². The van der Waals surface area contributed by atoms with Crippen LogP contribution in [0.4, 0.5) is 0 Å². The molecule has 0 unspecified atom stereocenters. The highest BCUT2D eigenvalue weighted by molar-refractivity contribution is 7.98. The summed E-state index contributed by atoms with van der Waals surface area (Å²) in [6.45, 7) is 6.58. The molecule has 1 N–H and O–H groups in total. The van der Waals surface area contributed by atoms with E-state index in [-0.39, 0.29) is 0 Å². The minimum absolute atomic E-state index is 1.04. The number of hydrogen-bond donors (Lipinski definition) is 1. The Morgan fingerprint density at radius 3 is 2.73 bits per heavy atom. The van der Waals surface area contributed by atoms with Gasteiger partial charge in [0.2, 0.25) is 0 Å². The average molecular weight is 243 g/mol. The van der Waals surface area contributed by atoms with E-state index in [1.54, 1.807) is 0 Å². The molecule has 0 bridgehead atoms. The molecule has 1 rings (SSSR count). The molecule has 0 aromatic carbocycles. The van der Waals surface area contributed by atoms with E-state index in [0.29, 0.717) is 0 Å². The van der Waals surface area contributed by atoms with Crippen LogP contribution in [0.1, 0.15) is 28.2 Å². The van der Waals surface area contributed by atoms with Crippen molar-refractivity contribution in [3.05, 3.63) is 21.4 Å². The Hall–Kier alpha value is 0.01000. The zero-order valence-corrected chi connectivity index (χ0v) is 11.6. The van der Waals surface area contributed by atoms with Gasteiger partial charge in [0.05, 0.1) is 0 Å². The smallest absolute Gasteiger partial charge is 0.0216 e. The van der Waals surface area contributed by atoms with E-state index in [9.17, 15) is 0 Å². The third kappa shape index (κ3) is 5.05. The molecule has 0 saturated heterocycles. The molecule has 0 fully saturated rings. The molecule has 0 radical (unpaired) electrons. The van der Waals surface area contributed by atoms with Gasteiger partial charge in [-0.2, -0.15) is 11.8 Å². The summed E-state index contributed by atoms with van der Waals surface area (Å²) in [5.74, 6) is 1.29. The normalized spacial score (nSPS) is 10.9. The van der Waals surface area contributed by atoms with E-state index < -0.39 is 0 Å². The van der Waals surface area contributed by atoms with Gasteiger partial charge >= 0.3 is 0 Å². The second-order valence-electron chi connectivity index (χ2n) is 3.82. The summed E-state index contributed by atoms with van der Waals surface area (Å²) in [5, 5.41) is 3.51. The number of unbranched alkanes of at least 4 members (excludes halogenated alkanes) is 1. The van der Waals surface area contributed by atoms with Gasteiger partial charge in [0, 0.05) is 16.3 Å². The first-order chi connectivity index (χ1) is 7.24. The van der Waals surface area contributed by atoms with Crippen LogP contribution < -0.4 is 5.32 Å². The summed E-state index contributed by atoms with van der Waals surface area (Å²) in [6.07, 6.45) is 4.80. The Kier molecular flexibility index (Phi) is 6.37. The van der Waals surface area contributed by atoms with Crippen molar-refractivity contribution in [2.24, 2.45) is 0 Å². The lowest BCUT2D eigenvalue weighted by atomic mass is 10.2. The zero-order chi connectivity index (χ0) is 11.1. The minimum Gasteiger partial charge on any atom is -0.313 e. The molecule has 0 aliphatic heterocycles. The third-order valence-electron chi connectivity index (χ3n) is 2.41. The van der Waals surface area contributed by atoms with Crippen molar-refractivity contribution >= 4 is 23.1 Å². The molecule has 15 heavy (non-hydrogen) atoms. The number of thioether (sulfide) groups is 1. The first-order valence-corrected chi connectivity index (χ1v) is 7.70. The Morgan fingerprint density at radius 2 is 2.13 bits per heavy atom. The van der Waals surface area contributed by atoms with Gasteiger partial charge in [-0.05, 0) is 56.9 Å². The minimum atomic E-state index is 1.04. The Balaban J connectivity index is 2.12. The molecular weight excluding hydrogens is 222 g/mol. The van der Waals surface area contributed by atoms with Crippen LogP contribution in [0.5, 0.6) is 0 Å². The van der Waals surface area contributed by atoms with Crippen molar-refractivity contribution in [2.75, 3.05) is 18.6 Å². The average Bonchev–Trinajstić information content (AvgIpc) is 2.51. The predicted octanol–water partition coefficient (Wildman–Crippen LogP) is 3.60. The van der Waals surface area contributed by atoms with E-state index in [1.165, 1.54) is 33.9 Å². The Morgan fingerprint density at radius 1 is 1.33 bits per heavy atom. The second-order valence-corrected chi connectivity index (χ2v) is 6.26. The molecule has 0 amide bonds. The highest BCUT2D eigenvalue weighted by atomic mass is 32.2. The molecule has 86 valence electrons. The molecular formula is C12H21NS2. The van der Waals surface area contributed by atoms with Crippen LogP contribution in [0, 0.1) is 13.8 Å². The van der Waals surface area contributed by atoms with Crippen LogP contribution in [0.25, 0.3) is 0 Å². The quantitative estimate of drug-likeness (QED) is 0.734.